The molecule has 6 fully saturated rings. The maximum Gasteiger partial charge on any atom is 0.0860 e. The lowest BCUT2D eigenvalue weighted by Crippen LogP contribution is -2.36. The highest BCUT2D eigenvalue weighted by molar-refractivity contribution is 4.94. The molecule has 0 aromatic carbocycles. The molecule has 0 aromatic heterocycles. The second-order valence-electron chi connectivity index (χ2n) is 16.3. The van der Waals surface area contributed by atoms with E-state index >= 15 is 0 Å². The fraction of sp³-hybridized carbons (Fsp3) is 1.00. The van der Waals surface area contributed by atoms with Crippen LogP contribution in [0.1, 0.15) is 155 Å². The molecule has 3 saturated heterocycles. The molecule has 3 aliphatic carbocycles. The summed E-state index contributed by atoms with van der Waals surface area (Å²) in [5.41, 5.74) is 3.44. The fourth-order valence-electron chi connectivity index (χ4n) is 2.85. The Morgan fingerprint density at radius 2 is 0.694 bits per heavy atom. The molecule has 3 nitrogen and oxygen atoms in total. The maximum absolute atomic E-state index is 4.94. The quantitative estimate of drug-likeness (QED) is 0.329. The van der Waals surface area contributed by atoms with Gasteiger partial charge in [0.2, 0.25) is 0 Å². The van der Waals surface area contributed by atoms with Gasteiger partial charge in [-0.05, 0) is 82.5 Å². The van der Waals surface area contributed by atoms with Crippen LogP contribution in [0.15, 0.2) is 0 Å². The van der Waals surface area contributed by atoms with Crippen molar-refractivity contribution in [3.63, 3.8) is 0 Å². The van der Waals surface area contributed by atoms with Crippen LogP contribution in [-0.2, 0) is 9.47 Å². The van der Waals surface area contributed by atoms with Gasteiger partial charge in [-0.3, -0.25) is 0 Å². The maximum atomic E-state index is 4.94. The highest BCUT2D eigenvalue weighted by atomic mass is 16.6. The van der Waals surface area contributed by atoms with E-state index in [9.17, 15) is 0 Å². The van der Waals surface area contributed by atoms with Crippen LogP contribution < -0.4 is 5.32 Å². The summed E-state index contributed by atoms with van der Waals surface area (Å²) >= 11 is 0. The molecule has 6 rings (SSSR count). The number of rotatable bonds is 0. The van der Waals surface area contributed by atoms with E-state index < -0.39 is 0 Å². The molecular formula is C33H69NO2. The summed E-state index contributed by atoms with van der Waals surface area (Å²) < 4.78 is 9.83. The molecule has 3 saturated carbocycles. The highest BCUT2D eigenvalue weighted by Gasteiger charge is 2.32. The standard InChI is InChI=1S/2C6H12.C5H10O.C5H10.C4H9N.C4H8O.C3H8/c2*1-6(2)4-3-5-6;1-5(2)3-6-4-5;1-5(2)3-4-5;2*1-4(2)3-5-4;1-3-2/h2*3-5H2,1-2H3;3-4H2,1-2H3;3-4H2,1-2H3;5H,3H2,1-2H3;3H2,1-2H3;3H2,1-2H3. The third-order valence-electron chi connectivity index (χ3n) is 7.26. The molecule has 6 aliphatic rings. The van der Waals surface area contributed by atoms with Crippen molar-refractivity contribution in [3.8, 4) is 0 Å². The van der Waals surface area contributed by atoms with Crippen LogP contribution in [0.5, 0.6) is 0 Å². The first-order chi connectivity index (χ1) is 16.2. The first-order valence-electron chi connectivity index (χ1n) is 15.1. The van der Waals surface area contributed by atoms with E-state index in [1.54, 1.807) is 0 Å². The van der Waals surface area contributed by atoms with Crippen molar-refractivity contribution in [3.05, 3.63) is 0 Å². The van der Waals surface area contributed by atoms with Crippen molar-refractivity contribution in [2.45, 2.75) is 166 Å². The molecule has 0 atom stereocenters. The van der Waals surface area contributed by atoms with Gasteiger partial charge in [0, 0.05) is 17.5 Å². The SMILES string of the molecule is CC1(C)CC1.CC1(C)CCC1.CC1(C)CCC1.CC1(C)CN1.CC1(C)CO1.CC1(C)COC1.CCC. The van der Waals surface area contributed by atoms with Gasteiger partial charge in [0.1, 0.15) is 0 Å². The van der Waals surface area contributed by atoms with Crippen LogP contribution in [0.25, 0.3) is 0 Å². The molecule has 0 amide bonds. The van der Waals surface area contributed by atoms with Crippen LogP contribution in [0.2, 0.25) is 0 Å². The zero-order valence-electron chi connectivity index (χ0n) is 27.5. The summed E-state index contributed by atoms with van der Waals surface area (Å²) in [4.78, 5) is 0. The highest BCUT2D eigenvalue weighted by Crippen LogP contribution is 2.43. The van der Waals surface area contributed by atoms with Crippen molar-refractivity contribution in [2.24, 2.45) is 21.7 Å². The zero-order valence-corrected chi connectivity index (χ0v) is 27.5. The molecule has 3 heterocycles. The number of nitrogens with one attached hydrogen (secondary N) is 1. The predicted octanol–water partition coefficient (Wildman–Crippen LogP) is 9.82. The van der Waals surface area contributed by atoms with Gasteiger partial charge in [-0.15, -0.1) is 0 Å². The van der Waals surface area contributed by atoms with Gasteiger partial charge in [-0.1, -0.05) is 88.5 Å². The predicted molar refractivity (Wildman–Crippen MR) is 161 cm³/mol. The smallest absolute Gasteiger partial charge is 0.0860 e. The van der Waals surface area contributed by atoms with E-state index in [1.165, 1.54) is 64.3 Å². The molecule has 36 heavy (non-hydrogen) atoms. The zero-order chi connectivity index (χ0) is 28.3. The summed E-state index contributed by atoms with van der Waals surface area (Å²) in [6.45, 7) is 35.2. The molecule has 3 aliphatic heterocycles. The van der Waals surface area contributed by atoms with Crippen LogP contribution >= 0.6 is 0 Å². The van der Waals surface area contributed by atoms with Gasteiger partial charge < -0.3 is 14.8 Å². The molecule has 3 heteroatoms. The van der Waals surface area contributed by atoms with E-state index in [-0.39, 0.29) is 5.60 Å². The Balaban J connectivity index is 0.000000401. The van der Waals surface area contributed by atoms with Crippen LogP contribution in [0.4, 0.5) is 0 Å². The third-order valence-corrected chi connectivity index (χ3v) is 7.26. The number of hydrogen-bond donors (Lipinski definition) is 1. The Morgan fingerprint density at radius 1 is 0.528 bits per heavy atom. The molecule has 218 valence electrons. The van der Waals surface area contributed by atoms with Gasteiger partial charge in [-0.25, -0.2) is 0 Å². The van der Waals surface area contributed by atoms with Crippen molar-refractivity contribution in [1.82, 2.24) is 5.32 Å². The van der Waals surface area contributed by atoms with Gasteiger partial charge in [0.25, 0.3) is 0 Å². The molecule has 0 bridgehead atoms. The third kappa shape index (κ3) is 24.2. The van der Waals surface area contributed by atoms with Crippen molar-refractivity contribution in [1.29, 1.82) is 0 Å². The first kappa shape index (κ1) is 35.9. The van der Waals surface area contributed by atoms with E-state index in [0.717, 1.165) is 36.1 Å². The van der Waals surface area contributed by atoms with Gasteiger partial charge >= 0.3 is 0 Å². The Kier molecular flexibility index (Phi) is 14.8. The Labute approximate surface area is 228 Å². The lowest BCUT2D eigenvalue weighted by molar-refractivity contribution is -0.0892. The second kappa shape index (κ2) is 14.9. The van der Waals surface area contributed by atoms with Gasteiger partial charge in [0.05, 0.1) is 25.4 Å². The summed E-state index contributed by atoms with van der Waals surface area (Å²) in [6.07, 6.45) is 12.9. The number of epoxide rings is 1. The average molecular weight is 512 g/mol. The average Bonchev–Trinajstić information content (AvgIpc) is 3.64. The van der Waals surface area contributed by atoms with E-state index in [2.05, 4.69) is 102 Å². The monoisotopic (exact) mass is 512 g/mol. The topological polar surface area (TPSA) is 43.7 Å². The summed E-state index contributed by atoms with van der Waals surface area (Å²) in [5, 5.41) is 3.17. The Bertz CT molecular complexity index is 470. The van der Waals surface area contributed by atoms with E-state index in [1.807, 2.05) is 0 Å². The van der Waals surface area contributed by atoms with Crippen molar-refractivity contribution < 1.29 is 9.47 Å². The number of hydrogen-bond acceptors (Lipinski definition) is 3. The minimum Gasteiger partial charge on any atom is -0.380 e. The van der Waals surface area contributed by atoms with Crippen LogP contribution in [-0.4, -0.2) is 37.5 Å². The fourth-order valence-corrected chi connectivity index (χ4v) is 2.85. The van der Waals surface area contributed by atoms with Gasteiger partial charge in [0.15, 0.2) is 0 Å². The lowest BCUT2D eigenvalue weighted by Gasteiger charge is -2.33. The molecule has 0 aromatic rings. The normalized spacial score (nSPS) is 27.5. The number of ether oxygens (including phenoxy) is 2. The molecule has 1 N–H and O–H groups in total. The summed E-state index contributed by atoms with van der Waals surface area (Å²) in [7, 11) is 0. The van der Waals surface area contributed by atoms with E-state index in [4.69, 9.17) is 9.47 Å². The Morgan fingerprint density at radius 3 is 0.694 bits per heavy atom. The van der Waals surface area contributed by atoms with Gasteiger partial charge in [-0.2, -0.15) is 0 Å². The van der Waals surface area contributed by atoms with E-state index in [0.29, 0.717) is 11.0 Å². The summed E-state index contributed by atoms with van der Waals surface area (Å²) in [5.74, 6) is 0. The van der Waals surface area contributed by atoms with Crippen LogP contribution in [0, 0.1) is 21.7 Å². The minimum absolute atomic E-state index is 0.250. The van der Waals surface area contributed by atoms with Crippen molar-refractivity contribution >= 4 is 0 Å². The Hall–Kier alpha value is -0.120. The molecule has 0 spiro atoms. The largest absolute Gasteiger partial charge is 0.380 e. The van der Waals surface area contributed by atoms with Crippen LogP contribution in [0.3, 0.4) is 0 Å². The molecule has 0 unspecified atom stereocenters. The minimum atomic E-state index is 0.250. The molecule has 0 radical (unpaired) electrons. The lowest BCUT2D eigenvalue weighted by atomic mass is 9.72. The first-order valence-corrected chi connectivity index (χ1v) is 15.1. The van der Waals surface area contributed by atoms with Crippen molar-refractivity contribution in [2.75, 3.05) is 26.4 Å². The second-order valence-corrected chi connectivity index (χ2v) is 16.3. The summed E-state index contributed by atoms with van der Waals surface area (Å²) in [6, 6.07) is 0. The molecular weight excluding hydrogens is 442 g/mol.